The quantitative estimate of drug-likeness (QED) is 0.267. The summed E-state index contributed by atoms with van der Waals surface area (Å²) in [6, 6.07) is 21.9. The first-order chi connectivity index (χ1) is 22.2. The molecule has 0 spiro atoms. The van der Waals surface area contributed by atoms with Crippen LogP contribution in [0.1, 0.15) is 81.5 Å². The Kier molecular flexibility index (Phi) is 8.81. The molecule has 1 N–H and O–H groups in total. The van der Waals surface area contributed by atoms with Crippen molar-refractivity contribution in [1.29, 1.82) is 0 Å². The molecule has 47 heavy (non-hydrogen) atoms. The number of halogens is 1. The van der Waals surface area contributed by atoms with Crippen molar-refractivity contribution in [3.8, 4) is 5.75 Å². The third-order valence-corrected chi connectivity index (χ3v) is 10.1. The summed E-state index contributed by atoms with van der Waals surface area (Å²) in [5.41, 5.74) is 7.95. The minimum Gasteiger partial charge on any atom is -0.483 e. The first-order valence-corrected chi connectivity index (χ1v) is 17.1. The van der Waals surface area contributed by atoms with E-state index in [2.05, 4.69) is 66.0 Å². The molecular formula is C40H43BrN2O4. The normalized spacial score (nSPS) is 19.0. The second kappa shape index (κ2) is 12.6. The van der Waals surface area contributed by atoms with Crippen LogP contribution in [0.4, 0.5) is 5.69 Å². The number of ketones is 2. The summed E-state index contributed by atoms with van der Waals surface area (Å²) in [5, 5.41) is 2.94. The summed E-state index contributed by atoms with van der Waals surface area (Å²) in [6.07, 6.45) is 2.37. The van der Waals surface area contributed by atoms with E-state index >= 15 is 0 Å². The van der Waals surface area contributed by atoms with Gasteiger partial charge >= 0.3 is 0 Å². The van der Waals surface area contributed by atoms with Crippen LogP contribution in [0.25, 0.3) is 0 Å². The minimum absolute atomic E-state index is 0.100. The van der Waals surface area contributed by atoms with Gasteiger partial charge in [-0.2, -0.15) is 0 Å². The molecule has 0 radical (unpaired) electrons. The Morgan fingerprint density at radius 1 is 0.851 bits per heavy atom. The van der Waals surface area contributed by atoms with Crippen LogP contribution in [-0.4, -0.2) is 29.0 Å². The van der Waals surface area contributed by atoms with Crippen LogP contribution in [-0.2, 0) is 20.9 Å². The van der Waals surface area contributed by atoms with Crippen molar-refractivity contribution in [2.24, 2.45) is 10.8 Å². The monoisotopic (exact) mass is 694 g/mol. The number of carbonyl (C=O) groups excluding carboxylic acids is 3. The Labute approximate surface area is 286 Å². The van der Waals surface area contributed by atoms with Crippen molar-refractivity contribution in [2.45, 2.75) is 79.7 Å². The third-order valence-electron chi connectivity index (χ3n) is 9.52. The average molecular weight is 696 g/mol. The molecule has 6 rings (SSSR count). The number of hydrogen-bond donors (Lipinski definition) is 1. The molecule has 0 bridgehead atoms. The van der Waals surface area contributed by atoms with Crippen LogP contribution in [0.2, 0.25) is 0 Å². The predicted octanol–water partition coefficient (Wildman–Crippen LogP) is 8.97. The zero-order valence-electron chi connectivity index (χ0n) is 28.1. The smallest absolute Gasteiger partial charge is 0.262 e. The number of anilines is 1. The minimum atomic E-state index is -0.461. The van der Waals surface area contributed by atoms with Gasteiger partial charge in [0.1, 0.15) is 5.75 Å². The number of Topliss-reactive ketones (excluding diaryl/α,β-unsaturated/α-hetero) is 2. The van der Waals surface area contributed by atoms with Gasteiger partial charge in [-0.25, -0.2) is 0 Å². The molecule has 244 valence electrons. The number of rotatable bonds is 7. The molecule has 0 saturated carbocycles. The van der Waals surface area contributed by atoms with E-state index < -0.39 is 5.92 Å². The van der Waals surface area contributed by atoms with E-state index in [-0.39, 0.29) is 34.9 Å². The lowest BCUT2D eigenvalue weighted by atomic mass is 9.63. The second-order valence-electron chi connectivity index (χ2n) is 15.0. The Balaban J connectivity index is 1.37. The number of benzene rings is 3. The summed E-state index contributed by atoms with van der Waals surface area (Å²) in [7, 11) is 0. The SMILES string of the molecule is Cc1ccc(C)c(NC(=O)COc2ccc(C3C4=C(CC(C)(C)CC4=O)N(Cc4ccccc4)C4=C3C(=O)CC(C)(C)C4)cc2Br)c1. The fourth-order valence-electron chi connectivity index (χ4n) is 7.35. The zero-order chi connectivity index (χ0) is 33.7. The van der Waals surface area contributed by atoms with Gasteiger partial charge in [-0.15, -0.1) is 0 Å². The van der Waals surface area contributed by atoms with Crippen LogP contribution in [0.3, 0.4) is 0 Å². The molecule has 2 aliphatic carbocycles. The topological polar surface area (TPSA) is 75.7 Å². The molecule has 0 saturated heterocycles. The summed E-state index contributed by atoms with van der Waals surface area (Å²) < 4.78 is 6.62. The van der Waals surface area contributed by atoms with Gasteiger partial charge in [-0.1, -0.05) is 76.2 Å². The van der Waals surface area contributed by atoms with Crippen LogP contribution < -0.4 is 10.1 Å². The van der Waals surface area contributed by atoms with Gasteiger partial charge in [0.15, 0.2) is 18.2 Å². The molecule has 1 heterocycles. The van der Waals surface area contributed by atoms with Gasteiger partial charge in [-0.05, 0) is 93.9 Å². The van der Waals surface area contributed by atoms with E-state index in [1.807, 2.05) is 68.4 Å². The fraction of sp³-hybridized carbons (Fsp3) is 0.375. The maximum atomic E-state index is 14.2. The number of ether oxygens (including phenoxy) is 1. The van der Waals surface area contributed by atoms with Crippen molar-refractivity contribution in [3.63, 3.8) is 0 Å². The summed E-state index contributed by atoms with van der Waals surface area (Å²) >= 11 is 3.68. The Morgan fingerprint density at radius 3 is 2.06 bits per heavy atom. The number of amides is 1. The lowest BCUT2D eigenvalue weighted by molar-refractivity contribution is -0.120. The van der Waals surface area contributed by atoms with E-state index in [0.717, 1.165) is 63.3 Å². The molecule has 3 aromatic carbocycles. The van der Waals surface area contributed by atoms with Crippen molar-refractivity contribution >= 4 is 39.1 Å². The van der Waals surface area contributed by atoms with Crippen molar-refractivity contribution in [2.75, 3.05) is 11.9 Å². The Bertz CT molecular complexity index is 1780. The standard InChI is InChI=1S/C40H43BrN2O4/c1-24-12-13-25(2)29(16-24)42-35(46)23-47-34-15-14-27(17-28(34)41)36-37-30(18-39(3,4)20-32(37)44)43(22-26-10-8-7-9-11-26)31-19-40(5,6)21-33(45)38(31)36/h7-17,36H,18-23H2,1-6H3,(H,42,46). The summed E-state index contributed by atoms with van der Waals surface area (Å²) in [5.74, 6) is 0.00108. The zero-order valence-corrected chi connectivity index (χ0v) is 29.7. The van der Waals surface area contributed by atoms with Gasteiger partial charge in [0, 0.05) is 53.5 Å². The second-order valence-corrected chi connectivity index (χ2v) is 15.8. The maximum Gasteiger partial charge on any atom is 0.262 e. The molecule has 0 fully saturated rings. The van der Waals surface area contributed by atoms with E-state index in [0.29, 0.717) is 29.6 Å². The highest BCUT2D eigenvalue weighted by molar-refractivity contribution is 9.10. The lowest BCUT2D eigenvalue weighted by Crippen LogP contribution is -2.44. The maximum absolute atomic E-state index is 14.2. The Hall–Kier alpha value is -3.97. The number of allylic oxidation sites excluding steroid dienone is 4. The van der Waals surface area contributed by atoms with E-state index in [4.69, 9.17) is 4.74 Å². The summed E-state index contributed by atoms with van der Waals surface area (Å²) in [6.45, 7) is 13.0. The number of nitrogens with zero attached hydrogens (tertiary/aromatic N) is 1. The van der Waals surface area contributed by atoms with Gasteiger partial charge < -0.3 is 15.0 Å². The highest BCUT2D eigenvalue weighted by Crippen LogP contribution is 2.55. The Morgan fingerprint density at radius 2 is 1.47 bits per heavy atom. The molecule has 7 heteroatoms. The van der Waals surface area contributed by atoms with Gasteiger partial charge in [0.2, 0.25) is 0 Å². The third kappa shape index (κ3) is 6.87. The number of aryl methyl sites for hydroxylation is 2. The first kappa shape index (κ1) is 33.0. The highest BCUT2D eigenvalue weighted by Gasteiger charge is 2.49. The number of hydrogen-bond acceptors (Lipinski definition) is 5. The van der Waals surface area contributed by atoms with Gasteiger partial charge in [0.25, 0.3) is 5.91 Å². The number of carbonyl (C=O) groups is 3. The van der Waals surface area contributed by atoms with Crippen LogP contribution in [0.5, 0.6) is 5.75 Å². The highest BCUT2D eigenvalue weighted by atomic mass is 79.9. The van der Waals surface area contributed by atoms with Crippen LogP contribution in [0.15, 0.2) is 93.7 Å². The molecule has 6 nitrogen and oxygen atoms in total. The molecule has 0 unspecified atom stereocenters. The molecule has 3 aromatic rings. The average Bonchev–Trinajstić information content (AvgIpc) is 2.98. The van der Waals surface area contributed by atoms with Gasteiger partial charge in [-0.3, -0.25) is 14.4 Å². The fourth-order valence-corrected chi connectivity index (χ4v) is 7.86. The number of nitrogens with one attached hydrogen (secondary N) is 1. The molecule has 3 aliphatic rings. The molecular weight excluding hydrogens is 652 g/mol. The van der Waals surface area contributed by atoms with E-state index in [1.54, 1.807) is 0 Å². The van der Waals surface area contributed by atoms with Crippen LogP contribution in [0, 0.1) is 24.7 Å². The molecule has 0 aromatic heterocycles. The van der Waals surface area contributed by atoms with Crippen LogP contribution >= 0.6 is 15.9 Å². The van der Waals surface area contributed by atoms with E-state index in [9.17, 15) is 14.4 Å². The first-order valence-electron chi connectivity index (χ1n) is 16.3. The summed E-state index contributed by atoms with van der Waals surface area (Å²) in [4.78, 5) is 43.4. The molecule has 0 atom stereocenters. The lowest BCUT2D eigenvalue weighted by Gasteiger charge is -2.49. The molecule has 1 aliphatic heterocycles. The van der Waals surface area contributed by atoms with E-state index in [1.165, 1.54) is 0 Å². The van der Waals surface area contributed by atoms with Crippen molar-refractivity contribution in [3.05, 3.63) is 116 Å². The van der Waals surface area contributed by atoms with Crippen molar-refractivity contribution < 1.29 is 19.1 Å². The molecule has 1 amide bonds. The van der Waals surface area contributed by atoms with Gasteiger partial charge in [0.05, 0.1) is 4.47 Å². The largest absolute Gasteiger partial charge is 0.483 e. The predicted molar refractivity (Wildman–Crippen MR) is 189 cm³/mol. The van der Waals surface area contributed by atoms with Crippen molar-refractivity contribution in [1.82, 2.24) is 4.90 Å².